The van der Waals surface area contributed by atoms with Crippen molar-refractivity contribution in [3.63, 3.8) is 0 Å². The predicted molar refractivity (Wildman–Crippen MR) is 89.2 cm³/mol. The van der Waals surface area contributed by atoms with Crippen LogP contribution in [-0.4, -0.2) is 0 Å². The number of hydrogen-bond acceptors (Lipinski definition) is 2. The first-order chi connectivity index (χ1) is 10.00. The third kappa shape index (κ3) is 9.50. The summed E-state index contributed by atoms with van der Waals surface area (Å²) in [6, 6.07) is 14.0. The van der Waals surface area contributed by atoms with Gasteiger partial charge in [-0.25, -0.2) is 0 Å². The summed E-state index contributed by atoms with van der Waals surface area (Å²) >= 11 is 0. The molecule has 0 aliphatic rings. The van der Waals surface area contributed by atoms with E-state index in [2.05, 4.69) is 41.5 Å². The molecule has 2 rings (SSSR count). The summed E-state index contributed by atoms with van der Waals surface area (Å²) in [5, 5.41) is 21.5. The van der Waals surface area contributed by atoms with E-state index in [9.17, 15) is 10.2 Å². The molecule has 0 saturated carbocycles. The van der Waals surface area contributed by atoms with Crippen molar-refractivity contribution >= 4 is 0 Å². The average molecular weight is 344 g/mol. The fraction of sp³-hybridized carbons (Fsp3) is 0.400. The zero-order chi connectivity index (χ0) is 17.0. The Morgan fingerprint density at radius 2 is 0.708 bits per heavy atom. The number of benzene rings is 2. The van der Waals surface area contributed by atoms with Crippen LogP contribution in [0.5, 0.6) is 11.5 Å². The molecule has 2 aromatic carbocycles. The van der Waals surface area contributed by atoms with Crippen LogP contribution < -0.4 is 69.3 Å². The van der Waals surface area contributed by atoms with Crippen molar-refractivity contribution in [1.29, 1.82) is 0 Å². The van der Waals surface area contributed by atoms with E-state index in [4.69, 9.17) is 0 Å². The monoisotopic (exact) mass is 344 g/mol. The first kappa shape index (κ1) is 26.3. The Bertz CT molecular complexity index is 522. The molecule has 2 nitrogen and oxygen atoms in total. The summed E-state index contributed by atoms with van der Waals surface area (Å²) in [5.41, 5.74) is 2.70. The second-order valence-corrected chi connectivity index (χ2v) is 7.55. The zero-order valence-electron chi connectivity index (χ0n) is 16.4. The minimum absolute atomic E-state index is 0. The van der Waals surface area contributed by atoms with Crippen molar-refractivity contribution in [2.24, 2.45) is 0 Å². The molecular formula is C20H26Na2O2. The van der Waals surface area contributed by atoms with Gasteiger partial charge in [-0.1, -0.05) is 90.1 Å². The maximum absolute atomic E-state index is 10.7. The third-order valence-electron chi connectivity index (χ3n) is 3.44. The molecule has 0 heterocycles. The Kier molecular flexibility index (Phi) is 11.9. The fourth-order valence-corrected chi connectivity index (χ4v) is 1.91. The summed E-state index contributed by atoms with van der Waals surface area (Å²) in [7, 11) is 0. The van der Waals surface area contributed by atoms with E-state index < -0.39 is 0 Å². The Balaban J connectivity index is 0. The second kappa shape index (κ2) is 10.9. The van der Waals surface area contributed by atoms with E-state index in [0.717, 1.165) is 0 Å². The summed E-state index contributed by atoms with van der Waals surface area (Å²) in [5.74, 6) is 0.163. The van der Waals surface area contributed by atoms with Gasteiger partial charge in [-0.2, -0.15) is 0 Å². The largest absolute Gasteiger partial charge is 1.00 e. The molecule has 0 spiro atoms. The number of hydrogen-bond donors (Lipinski definition) is 0. The van der Waals surface area contributed by atoms with Gasteiger partial charge in [-0.3, -0.25) is 0 Å². The van der Waals surface area contributed by atoms with Gasteiger partial charge in [0.05, 0.1) is 0 Å². The van der Waals surface area contributed by atoms with Gasteiger partial charge in [-0.15, -0.1) is 11.5 Å². The Morgan fingerprint density at radius 1 is 0.500 bits per heavy atom. The van der Waals surface area contributed by atoms with E-state index in [1.165, 1.54) is 11.1 Å². The van der Waals surface area contributed by atoms with Crippen molar-refractivity contribution < 1.29 is 69.3 Å². The molecule has 0 atom stereocenters. The van der Waals surface area contributed by atoms with Gasteiger partial charge in [0.1, 0.15) is 0 Å². The molecule has 24 heavy (non-hydrogen) atoms. The van der Waals surface area contributed by atoms with Gasteiger partial charge in [0, 0.05) is 0 Å². The Labute approximate surface area is 191 Å². The summed E-state index contributed by atoms with van der Waals surface area (Å²) in [4.78, 5) is 0. The molecule has 2 aromatic rings. The van der Waals surface area contributed by atoms with Crippen LogP contribution >= 0.6 is 0 Å². The summed E-state index contributed by atoms with van der Waals surface area (Å²) in [6.07, 6.45) is 0. The topological polar surface area (TPSA) is 46.1 Å². The SMILES string of the molecule is CC(C)(C)c1ccc([O-])cc1.CC(C)(C)c1ccc([O-])cc1.[Na+].[Na+]. The molecule has 0 radical (unpaired) electrons. The predicted octanol–water partition coefficient (Wildman–Crippen LogP) is -1.88. The molecule has 0 saturated heterocycles. The number of rotatable bonds is 0. The van der Waals surface area contributed by atoms with Gasteiger partial charge < -0.3 is 10.2 Å². The van der Waals surface area contributed by atoms with Gasteiger partial charge in [0.15, 0.2) is 0 Å². The van der Waals surface area contributed by atoms with Crippen molar-refractivity contribution in [3.05, 3.63) is 59.7 Å². The minimum Gasteiger partial charge on any atom is -0.872 e. The van der Waals surface area contributed by atoms with Crippen molar-refractivity contribution in [2.75, 3.05) is 0 Å². The van der Waals surface area contributed by atoms with Crippen molar-refractivity contribution in [2.45, 2.75) is 52.4 Å². The molecule has 0 amide bonds. The van der Waals surface area contributed by atoms with Crippen LogP contribution in [0, 0.1) is 0 Å². The van der Waals surface area contributed by atoms with Gasteiger partial charge in [0.25, 0.3) is 0 Å². The van der Waals surface area contributed by atoms with E-state index in [0.29, 0.717) is 0 Å². The Hall–Kier alpha value is 0.0400. The molecule has 120 valence electrons. The normalized spacial score (nSPS) is 10.6. The summed E-state index contributed by atoms with van der Waals surface area (Å²) in [6.45, 7) is 12.8. The molecule has 4 heteroatoms. The minimum atomic E-state index is 0. The standard InChI is InChI=1S/2C10H14O.2Na/c2*1-10(2,3)8-4-6-9(11)7-5-8;;/h2*4-7,11H,1-3H3;;/q;;2*+1/p-2. The molecule has 0 aliphatic heterocycles. The molecule has 0 unspecified atom stereocenters. The van der Waals surface area contributed by atoms with Crippen LogP contribution in [-0.2, 0) is 10.8 Å². The fourth-order valence-electron chi connectivity index (χ4n) is 1.91. The van der Waals surface area contributed by atoms with Crippen LogP contribution in [0.4, 0.5) is 0 Å². The van der Waals surface area contributed by atoms with Crippen LogP contribution in [0.3, 0.4) is 0 Å². The maximum Gasteiger partial charge on any atom is 1.00 e. The quantitative estimate of drug-likeness (QED) is 0.526. The Morgan fingerprint density at radius 3 is 0.875 bits per heavy atom. The van der Waals surface area contributed by atoms with Crippen LogP contribution in [0.2, 0.25) is 0 Å². The van der Waals surface area contributed by atoms with E-state index >= 15 is 0 Å². The van der Waals surface area contributed by atoms with Crippen molar-refractivity contribution in [3.8, 4) is 11.5 Å². The third-order valence-corrected chi connectivity index (χ3v) is 3.44. The van der Waals surface area contributed by atoms with E-state index in [1.807, 2.05) is 24.3 Å². The first-order valence-corrected chi connectivity index (χ1v) is 7.55. The molecule has 0 aliphatic carbocycles. The summed E-state index contributed by atoms with van der Waals surface area (Å²) < 4.78 is 0. The molecule has 0 bridgehead atoms. The molecule has 0 aromatic heterocycles. The maximum atomic E-state index is 10.7. The van der Waals surface area contributed by atoms with E-state index in [1.54, 1.807) is 24.3 Å². The van der Waals surface area contributed by atoms with Gasteiger partial charge >= 0.3 is 59.1 Å². The first-order valence-electron chi connectivity index (χ1n) is 7.55. The smallest absolute Gasteiger partial charge is 0.872 e. The molecule has 0 fully saturated rings. The van der Waals surface area contributed by atoms with Gasteiger partial charge in [-0.05, 0) is 22.0 Å². The second-order valence-electron chi connectivity index (χ2n) is 7.55. The average Bonchev–Trinajstić information content (AvgIpc) is 2.38. The van der Waals surface area contributed by atoms with Crippen LogP contribution in [0.1, 0.15) is 52.7 Å². The van der Waals surface area contributed by atoms with E-state index in [-0.39, 0.29) is 81.4 Å². The molecular weight excluding hydrogens is 318 g/mol. The van der Waals surface area contributed by atoms with Crippen LogP contribution in [0.15, 0.2) is 48.5 Å². The van der Waals surface area contributed by atoms with Crippen molar-refractivity contribution in [1.82, 2.24) is 0 Å². The zero-order valence-corrected chi connectivity index (χ0v) is 20.4. The van der Waals surface area contributed by atoms with Gasteiger partial charge in [0.2, 0.25) is 0 Å². The molecule has 0 N–H and O–H groups in total. The van der Waals surface area contributed by atoms with Crippen LogP contribution in [0.25, 0.3) is 0 Å².